The summed E-state index contributed by atoms with van der Waals surface area (Å²) in [7, 11) is 0. The Morgan fingerprint density at radius 1 is 0.900 bits per heavy atom. The predicted octanol–water partition coefficient (Wildman–Crippen LogP) is 2.91. The molecule has 4 heteroatoms. The Hall–Kier alpha value is -2.62. The average molecular weight is 262 g/mol. The quantitative estimate of drug-likeness (QED) is 0.732. The molecule has 0 saturated heterocycles. The Kier molecular flexibility index (Phi) is 2.36. The van der Waals surface area contributed by atoms with Crippen LogP contribution in [0.1, 0.15) is 5.56 Å². The number of rotatable bonds is 1. The van der Waals surface area contributed by atoms with Crippen LogP contribution in [-0.4, -0.2) is 16.5 Å². The van der Waals surface area contributed by atoms with Gasteiger partial charge >= 0.3 is 0 Å². The SMILES string of the molecule is Nc1nc2ccccc2nc1N1CCc2ccccc21. The number of nitrogens with zero attached hydrogens (tertiary/aromatic N) is 3. The number of benzene rings is 2. The molecule has 0 atom stereocenters. The van der Waals surface area contributed by atoms with Crippen molar-refractivity contribution < 1.29 is 0 Å². The van der Waals surface area contributed by atoms with Crippen LogP contribution < -0.4 is 10.6 Å². The summed E-state index contributed by atoms with van der Waals surface area (Å²) in [5, 5.41) is 0. The van der Waals surface area contributed by atoms with Crippen LogP contribution >= 0.6 is 0 Å². The maximum atomic E-state index is 6.11. The number of para-hydroxylation sites is 3. The third kappa shape index (κ3) is 1.61. The van der Waals surface area contributed by atoms with E-state index >= 15 is 0 Å². The third-order valence-electron chi connectivity index (χ3n) is 3.72. The Labute approximate surface area is 116 Å². The molecule has 1 aliphatic heterocycles. The molecule has 0 fully saturated rings. The van der Waals surface area contributed by atoms with Gasteiger partial charge in [0.05, 0.1) is 11.0 Å². The summed E-state index contributed by atoms with van der Waals surface area (Å²) in [5.74, 6) is 1.24. The summed E-state index contributed by atoms with van der Waals surface area (Å²) < 4.78 is 0. The first-order chi connectivity index (χ1) is 9.83. The lowest BCUT2D eigenvalue weighted by molar-refractivity contribution is 0.976. The molecule has 0 spiro atoms. The van der Waals surface area contributed by atoms with Crippen molar-refractivity contribution >= 4 is 28.4 Å². The fourth-order valence-electron chi connectivity index (χ4n) is 2.76. The minimum Gasteiger partial charge on any atom is -0.381 e. The van der Waals surface area contributed by atoms with Crippen molar-refractivity contribution in [3.63, 3.8) is 0 Å². The number of anilines is 3. The smallest absolute Gasteiger partial charge is 0.176 e. The van der Waals surface area contributed by atoms with E-state index in [9.17, 15) is 0 Å². The molecular formula is C16H14N4. The zero-order valence-electron chi connectivity index (χ0n) is 11.0. The fraction of sp³-hybridized carbons (Fsp3) is 0.125. The first kappa shape index (κ1) is 11.2. The van der Waals surface area contributed by atoms with Gasteiger partial charge < -0.3 is 10.6 Å². The van der Waals surface area contributed by atoms with Gasteiger partial charge in [-0.3, -0.25) is 0 Å². The second kappa shape index (κ2) is 4.20. The highest BCUT2D eigenvalue weighted by atomic mass is 15.2. The second-order valence-electron chi connectivity index (χ2n) is 4.95. The van der Waals surface area contributed by atoms with E-state index in [4.69, 9.17) is 10.7 Å². The molecule has 4 rings (SSSR count). The van der Waals surface area contributed by atoms with Crippen LogP contribution in [0.15, 0.2) is 48.5 Å². The highest BCUT2D eigenvalue weighted by Gasteiger charge is 2.23. The lowest BCUT2D eigenvalue weighted by Gasteiger charge is -2.19. The van der Waals surface area contributed by atoms with Gasteiger partial charge in [-0.25, -0.2) is 9.97 Å². The molecule has 0 unspecified atom stereocenters. The Balaban J connectivity index is 1.89. The molecule has 1 aromatic heterocycles. The standard InChI is InChI=1S/C16H14N4/c17-15-16(19-13-7-3-2-6-12(13)18-15)20-10-9-11-5-1-4-8-14(11)20/h1-8H,9-10H2,(H2,17,18). The fourth-order valence-corrected chi connectivity index (χ4v) is 2.76. The minimum atomic E-state index is 0.486. The van der Waals surface area contributed by atoms with Crippen LogP contribution in [0.5, 0.6) is 0 Å². The average Bonchev–Trinajstić information content (AvgIpc) is 2.90. The van der Waals surface area contributed by atoms with Crippen LogP contribution in [0, 0.1) is 0 Å². The molecule has 2 aromatic carbocycles. The van der Waals surface area contributed by atoms with Gasteiger partial charge in [0.25, 0.3) is 0 Å². The summed E-state index contributed by atoms with van der Waals surface area (Å²) in [4.78, 5) is 11.3. The number of fused-ring (bicyclic) bond motifs is 2. The lowest BCUT2D eigenvalue weighted by Crippen LogP contribution is -2.17. The van der Waals surface area contributed by atoms with Crippen molar-refractivity contribution in [1.82, 2.24) is 9.97 Å². The maximum Gasteiger partial charge on any atom is 0.176 e. The van der Waals surface area contributed by atoms with E-state index in [0.717, 1.165) is 29.8 Å². The number of hydrogen-bond acceptors (Lipinski definition) is 4. The Bertz CT molecular complexity index is 797. The second-order valence-corrected chi connectivity index (χ2v) is 4.95. The predicted molar refractivity (Wildman–Crippen MR) is 81.1 cm³/mol. The van der Waals surface area contributed by atoms with Gasteiger partial charge in [-0.1, -0.05) is 30.3 Å². The number of hydrogen-bond donors (Lipinski definition) is 1. The van der Waals surface area contributed by atoms with E-state index in [1.54, 1.807) is 0 Å². The molecule has 0 saturated carbocycles. The van der Waals surface area contributed by atoms with E-state index in [1.165, 1.54) is 11.3 Å². The zero-order valence-corrected chi connectivity index (χ0v) is 11.0. The first-order valence-electron chi connectivity index (χ1n) is 6.70. The van der Waals surface area contributed by atoms with Gasteiger partial charge in [0.15, 0.2) is 11.6 Å². The zero-order chi connectivity index (χ0) is 13.5. The number of aromatic nitrogens is 2. The van der Waals surface area contributed by atoms with Gasteiger partial charge in [0.1, 0.15) is 0 Å². The molecule has 0 aliphatic carbocycles. The van der Waals surface area contributed by atoms with Crippen molar-refractivity contribution in [2.75, 3.05) is 17.2 Å². The van der Waals surface area contributed by atoms with Crippen LogP contribution in [0.25, 0.3) is 11.0 Å². The minimum absolute atomic E-state index is 0.486. The van der Waals surface area contributed by atoms with E-state index in [1.807, 2.05) is 30.3 Å². The van der Waals surface area contributed by atoms with Crippen molar-refractivity contribution in [2.24, 2.45) is 0 Å². The van der Waals surface area contributed by atoms with E-state index < -0.39 is 0 Å². The van der Waals surface area contributed by atoms with Gasteiger partial charge in [0.2, 0.25) is 0 Å². The molecule has 2 N–H and O–H groups in total. The van der Waals surface area contributed by atoms with Crippen LogP contribution in [0.2, 0.25) is 0 Å². The first-order valence-corrected chi connectivity index (χ1v) is 6.70. The van der Waals surface area contributed by atoms with Gasteiger partial charge in [0, 0.05) is 12.2 Å². The van der Waals surface area contributed by atoms with Gasteiger partial charge in [-0.05, 0) is 30.2 Å². The molecule has 0 amide bonds. The summed E-state index contributed by atoms with van der Waals surface area (Å²) >= 11 is 0. The highest BCUT2D eigenvalue weighted by Crippen LogP contribution is 2.35. The summed E-state index contributed by atoms with van der Waals surface area (Å²) in [5.41, 5.74) is 10.3. The molecule has 98 valence electrons. The van der Waals surface area contributed by atoms with Crippen molar-refractivity contribution in [2.45, 2.75) is 6.42 Å². The van der Waals surface area contributed by atoms with Crippen molar-refractivity contribution in [3.05, 3.63) is 54.1 Å². The summed E-state index contributed by atoms with van der Waals surface area (Å²) in [6, 6.07) is 16.2. The highest BCUT2D eigenvalue weighted by molar-refractivity contribution is 5.82. The molecule has 1 aliphatic rings. The van der Waals surface area contributed by atoms with Gasteiger partial charge in [-0.2, -0.15) is 0 Å². The number of nitrogens with two attached hydrogens (primary N) is 1. The lowest BCUT2D eigenvalue weighted by atomic mass is 10.2. The van der Waals surface area contributed by atoms with Crippen molar-refractivity contribution in [3.8, 4) is 0 Å². The normalized spacial score (nSPS) is 13.7. The van der Waals surface area contributed by atoms with Gasteiger partial charge in [-0.15, -0.1) is 0 Å². The largest absolute Gasteiger partial charge is 0.381 e. The molecular weight excluding hydrogens is 248 g/mol. The molecule has 2 heterocycles. The molecule has 0 bridgehead atoms. The van der Waals surface area contributed by atoms with Crippen LogP contribution in [0.4, 0.5) is 17.3 Å². The van der Waals surface area contributed by atoms with E-state index in [0.29, 0.717) is 5.82 Å². The van der Waals surface area contributed by atoms with E-state index in [-0.39, 0.29) is 0 Å². The van der Waals surface area contributed by atoms with E-state index in [2.05, 4.69) is 28.1 Å². The third-order valence-corrected chi connectivity index (χ3v) is 3.72. The summed E-state index contributed by atoms with van der Waals surface area (Å²) in [6.07, 6.45) is 1.02. The van der Waals surface area contributed by atoms with Crippen LogP contribution in [-0.2, 0) is 6.42 Å². The monoisotopic (exact) mass is 262 g/mol. The number of nitrogen functional groups attached to an aromatic ring is 1. The Morgan fingerprint density at radius 2 is 1.60 bits per heavy atom. The Morgan fingerprint density at radius 3 is 2.45 bits per heavy atom. The summed E-state index contributed by atoms with van der Waals surface area (Å²) in [6.45, 7) is 0.899. The molecule has 20 heavy (non-hydrogen) atoms. The van der Waals surface area contributed by atoms with Crippen molar-refractivity contribution in [1.29, 1.82) is 0 Å². The van der Waals surface area contributed by atoms with Crippen LogP contribution in [0.3, 0.4) is 0 Å². The maximum absolute atomic E-state index is 6.11. The molecule has 4 nitrogen and oxygen atoms in total. The molecule has 3 aromatic rings. The molecule has 0 radical (unpaired) electrons. The topological polar surface area (TPSA) is 55.0 Å².